The first-order valence-corrected chi connectivity index (χ1v) is 16.7. The van der Waals surface area contributed by atoms with Crippen LogP contribution in [0.1, 0.15) is 51.6 Å². The topological polar surface area (TPSA) is 248 Å². The first-order valence-electron chi connectivity index (χ1n) is 14.7. The van der Waals surface area contributed by atoms with E-state index < -0.39 is 73.9 Å². The van der Waals surface area contributed by atoms with Crippen LogP contribution in [-0.2, 0) is 37.4 Å². The van der Waals surface area contributed by atoms with E-state index in [1.807, 2.05) is 0 Å². The van der Waals surface area contributed by atoms with E-state index >= 15 is 0 Å². The number of carbonyl (C=O) groups excluding carboxylic acids is 2. The lowest BCUT2D eigenvalue weighted by Crippen LogP contribution is -2.33. The molecular formula is C27H36N7O12P. The number of hydrogen-bond donors (Lipinski definition) is 4. The molecule has 0 spiro atoms. The van der Waals surface area contributed by atoms with Gasteiger partial charge in [-0.15, -0.1) is 0 Å². The van der Waals surface area contributed by atoms with Gasteiger partial charge in [-0.05, 0) is 6.92 Å². The molecule has 2 aliphatic heterocycles. The third-order valence-corrected chi connectivity index (χ3v) is 8.89. The van der Waals surface area contributed by atoms with E-state index in [2.05, 4.69) is 25.3 Å². The maximum absolute atomic E-state index is 13.5. The van der Waals surface area contributed by atoms with Crippen LogP contribution >= 0.6 is 7.60 Å². The highest BCUT2D eigenvalue weighted by molar-refractivity contribution is 7.53. The molecule has 47 heavy (non-hydrogen) atoms. The number of aromatic nitrogens is 6. The van der Waals surface area contributed by atoms with Crippen LogP contribution in [0.15, 0.2) is 26.9 Å². The van der Waals surface area contributed by atoms with Crippen molar-refractivity contribution in [2.24, 2.45) is 5.92 Å². The molecule has 0 aromatic carbocycles. The van der Waals surface area contributed by atoms with Crippen molar-refractivity contribution in [3.63, 3.8) is 0 Å². The van der Waals surface area contributed by atoms with Crippen LogP contribution in [0.5, 0.6) is 0 Å². The van der Waals surface area contributed by atoms with Gasteiger partial charge in [-0.1, -0.05) is 13.8 Å². The van der Waals surface area contributed by atoms with Crippen molar-refractivity contribution >= 4 is 36.6 Å². The van der Waals surface area contributed by atoms with Gasteiger partial charge in [0.25, 0.3) is 11.1 Å². The Hall–Kier alpha value is -4.00. The Labute approximate surface area is 266 Å². The minimum Gasteiger partial charge on any atom is -0.460 e. The number of rotatable bonds is 11. The van der Waals surface area contributed by atoms with Crippen molar-refractivity contribution in [2.75, 3.05) is 25.2 Å². The molecule has 1 amide bonds. The summed E-state index contributed by atoms with van der Waals surface area (Å²) >= 11 is 0. The van der Waals surface area contributed by atoms with Crippen molar-refractivity contribution in [1.29, 1.82) is 0 Å². The molecule has 19 nitrogen and oxygen atoms in total. The summed E-state index contributed by atoms with van der Waals surface area (Å²) in [6.45, 7) is 6.45. The number of hydrogen-bond acceptors (Lipinski definition) is 14. The number of carbonyl (C=O) groups is 2. The molecule has 5 rings (SSSR count). The molecule has 2 aliphatic rings. The van der Waals surface area contributed by atoms with Gasteiger partial charge < -0.3 is 28.4 Å². The number of esters is 1. The lowest BCUT2D eigenvalue weighted by molar-refractivity contribution is -0.150. The highest BCUT2D eigenvalue weighted by atomic mass is 31.2. The molecule has 0 saturated carbocycles. The molecule has 0 aliphatic carbocycles. The van der Waals surface area contributed by atoms with E-state index in [9.17, 15) is 33.6 Å². The number of imidazole rings is 1. The summed E-state index contributed by atoms with van der Waals surface area (Å²) in [6.07, 6.45) is -2.73. The standard InChI is InChI=1S/C27H36N7O12P/c1-12(2)23(37)30-26-29-22-21(25(39)31-26)28-11-34(22)20-6-15(43-14(4)36)18(45-20)10-42-47(5,41)46-16-7-19(44-17(16)9-35)33-8-13(3)24(38)32-27(33)40/h8,11-12,15-20,35H,6-7,9-10H2,1-5H3,(H,32,38,40)(H2,29,30,31,37,39)/t15-,16-,17+,18+,19+,20+,47+/m0/s1. The summed E-state index contributed by atoms with van der Waals surface area (Å²) in [6, 6.07) is 0. The molecule has 7 atom stereocenters. The van der Waals surface area contributed by atoms with Crippen LogP contribution < -0.4 is 22.1 Å². The van der Waals surface area contributed by atoms with Crippen LogP contribution in [0.2, 0.25) is 0 Å². The second kappa shape index (κ2) is 13.6. The van der Waals surface area contributed by atoms with Crippen LogP contribution in [0.3, 0.4) is 0 Å². The van der Waals surface area contributed by atoms with Crippen molar-refractivity contribution in [3.8, 4) is 0 Å². The van der Waals surface area contributed by atoms with E-state index in [4.69, 9.17) is 23.3 Å². The predicted octanol–water partition coefficient (Wildman–Crippen LogP) is 0.296. The summed E-state index contributed by atoms with van der Waals surface area (Å²) in [7, 11) is -3.88. The average molecular weight is 682 g/mol. The number of nitrogens with one attached hydrogen (secondary N) is 3. The van der Waals surface area contributed by atoms with E-state index in [-0.39, 0.29) is 53.9 Å². The van der Waals surface area contributed by atoms with Crippen LogP contribution in [0.25, 0.3) is 11.2 Å². The number of nitrogens with zero attached hydrogens (tertiary/aromatic N) is 4. The third-order valence-electron chi connectivity index (χ3n) is 7.62. The molecule has 2 fully saturated rings. The van der Waals surface area contributed by atoms with E-state index in [0.717, 1.165) is 4.57 Å². The Morgan fingerprint density at radius 1 is 1.11 bits per heavy atom. The number of H-pyrrole nitrogens is 2. The normalized spacial score (nSPS) is 25.7. The first kappa shape index (κ1) is 34.3. The van der Waals surface area contributed by atoms with Gasteiger partial charge in [0.05, 0.1) is 25.6 Å². The van der Waals surface area contributed by atoms with Crippen LogP contribution in [0, 0.1) is 12.8 Å². The van der Waals surface area contributed by atoms with Gasteiger partial charge in [0.15, 0.2) is 11.2 Å². The number of aliphatic hydroxyl groups excluding tert-OH is 1. The van der Waals surface area contributed by atoms with Crippen molar-refractivity contribution in [2.45, 2.75) is 77.4 Å². The fourth-order valence-corrected chi connectivity index (χ4v) is 6.44. The average Bonchev–Trinajstić information content (AvgIpc) is 3.70. The number of aromatic amines is 2. The van der Waals surface area contributed by atoms with E-state index in [1.165, 1.54) is 37.6 Å². The Kier molecular flexibility index (Phi) is 9.95. The maximum Gasteiger partial charge on any atom is 0.330 e. The lowest BCUT2D eigenvalue weighted by Gasteiger charge is -2.24. The monoisotopic (exact) mass is 681 g/mol. The first-order chi connectivity index (χ1) is 22.1. The van der Waals surface area contributed by atoms with Crippen molar-refractivity contribution < 1.29 is 42.5 Å². The highest BCUT2D eigenvalue weighted by Crippen LogP contribution is 2.49. The number of ether oxygens (including phenoxy) is 3. The molecule has 0 radical (unpaired) electrons. The zero-order valence-electron chi connectivity index (χ0n) is 26.2. The minimum atomic E-state index is -3.88. The second-order valence-corrected chi connectivity index (χ2v) is 13.6. The zero-order valence-corrected chi connectivity index (χ0v) is 27.1. The molecule has 2 saturated heterocycles. The molecule has 3 aromatic rings. The number of fused-ring (bicyclic) bond motifs is 1. The predicted molar refractivity (Wildman–Crippen MR) is 162 cm³/mol. The second-order valence-electron chi connectivity index (χ2n) is 11.6. The molecular weight excluding hydrogens is 645 g/mol. The highest BCUT2D eigenvalue weighted by Gasteiger charge is 2.43. The van der Waals surface area contributed by atoms with Crippen molar-refractivity contribution in [1.82, 2.24) is 29.1 Å². The quantitative estimate of drug-likeness (QED) is 0.157. The smallest absolute Gasteiger partial charge is 0.330 e. The molecule has 0 unspecified atom stereocenters. The lowest BCUT2D eigenvalue weighted by atomic mass is 10.2. The van der Waals surface area contributed by atoms with E-state index in [1.54, 1.807) is 13.8 Å². The van der Waals surface area contributed by atoms with Gasteiger partial charge in [-0.25, -0.2) is 9.78 Å². The summed E-state index contributed by atoms with van der Waals surface area (Å²) in [4.78, 5) is 74.0. The van der Waals surface area contributed by atoms with Gasteiger partial charge in [-0.3, -0.25) is 48.2 Å². The maximum atomic E-state index is 13.5. The zero-order chi connectivity index (χ0) is 34.2. The summed E-state index contributed by atoms with van der Waals surface area (Å²) in [5.74, 6) is -1.41. The molecule has 4 N–H and O–H groups in total. The largest absolute Gasteiger partial charge is 0.460 e. The van der Waals surface area contributed by atoms with Crippen LogP contribution in [-0.4, -0.2) is 90.3 Å². The van der Waals surface area contributed by atoms with Crippen LogP contribution in [0.4, 0.5) is 5.95 Å². The Morgan fingerprint density at radius 2 is 1.79 bits per heavy atom. The SMILES string of the molecule is CC(=O)O[C@H]1C[C@H](n2cnc3c(=O)[nH]c(NC(=O)C(C)C)nc32)O[C@@H]1CO[P@@](C)(=O)O[C@H]1C[C@H](n2cc(C)c(=O)[nH]c2=O)O[C@@H]1CO. The molecule has 20 heteroatoms. The minimum absolute atomic E-state index is 0.00925. The Morgan fingerprint density at radius 3 is 2.47 bits per heavy atom. The fraction of sp³-hybridized carbons (Fsp3) is 0.593. The van der Waals surface area contributed by atoms with Gasteiger partial charge in [-0.2, -0.15) is 4.98 Å². The van der Waals surface area contributed by atoms with Gasteiger partial charge >= 0.3 is 19.3 Å². The number of aliphatic hydroxyl groups is 1. The van der Waals surface area contributed by atoms with Gasteiger partial charge in [0.2, 0.25) is 11.9 Å². The van der Waals surface area contributed by atoms with Gasteiger partial charge in [0, 0.05) is 44.1 Å². The Bertz CT molecular complexity index is 1880. The summed E-state index contributed by atoms with van der Waals surface area (Å²) < 4.78 is 44.8. The molecule has 0 bridgehead atoms. The van der Waals surface area contributed by atoms with Crippen molar-refractivity contribution in [3.05, 3.63) is 49.3 Å². The number of amides is 1. The summed E-state index contributed by atoms with van der Waals surface area (Å²) in [5, 5.41) is 12.4. The van der Waals surface area contributed by atoms with Gasteiger partial charge in [0.1, 0.15) is 30.8 Å². The molecule has 256 valence electrons. The fourth-order valence-electron chi connectivity index (χ4n) is 5.25. The molecule has 3 aromatic heterocycles. The van der Waals surface area contributed by atoms with E-state index in [0.29, 0.717) is 0 Å². The molecule has 5 heterocycles. The number of anilines is 1. The summed E-state index contributed by atoms with van der Waals surface area (Å²) in [5.41, 5.74) is -1.49. The third kappa shape index (κ3) is 7.61. The Balaban J connectivity index is 1.29. The number of aryl methyl sites for hydroxylation is 1.